The Hall–Kier alpha value is -2.15. The maximum absolute atomic E-state index is 13.1. The monoisotopic (exact) mass is 351 g/mol. The van der Waals surface area contributed by atoms with Crippen molar-refractivity contribution in [1.29, 1.82) is 0 Å². The number of carbonyl (C=O) groups is 2. The van der Waals surface area contributed by atoms with Crippen molar-refractivity contribution in [2.75, 3.05) is 39.3 Å². The third kappa shape index (κ3) is 6.34. The van der Waals surface area contributed by atoms with Gasteiger partial charge in [0, 0.05) is 44.8 Å². The lowest BCUT2D eigenvalue weighted by molar-refractivity contribution is 0.0147. The highest BCUT2D eigenvalue weighted by Gasteiger charge is 2.25. The van der Waals surface area contributed by atoms with Gasteiger partial charge in [-0.3, -0.25) is 9.69 Å². The minimum absolute atomic E-state index is 0.285. The molecule has 0 atom stereocenters. The Morgan fingerprint density at radius 1 is 1.20 bits per heavy atom. The van der Waals surface area contributed by atoms with E-state index >= 15 is 0 Å². The Balaban J connectivity index is 1.69. The van der Waals surface area contributed by atoms with E-state index in [1.54, 1.807) is 11.0 Å². The van der Waals surface area contributed by atoms with Crippen LogP contribution in [0.2, 0.25) is 0 Å². The van der Waals surface area contributed by atoms with E-state index in [1.807, 2.05) is 20.8 Å². The van der Waals surface area contributed by atoms with Crippen LogP contribution < -0.4 is 5.32 Å². The van der Waals surface area contributed by atoms with Crippen LogP contribution in [-0.2, 0) is 4.74 Å². The lowest BCUT2D eigenvalue weighted by Gasteiger charge is -2.35. The van der Waals surface area contributed by atoms with E-state index in [2.05, 4.69) is 10.2 Å². The highest BCUT2D eigenvalue weighted by Crippen LogP contribution is 2.11. The van der Waals surface area contributed by atoms with Crippen LogP contribution in [0.15, 0.2) is 24.3 Å². The number of benzene rings is 1. The van der Waals surface area contributed by atoms with Gasteiger partial charge in [0.1, 0.15) is 11.4 Å². The molecular formula is C18H26FN3O3. The van der Waals surface area contributed by atoms with Crippen LogP contribution in [0.1, 0.15) is 31.1 Å². The van der Waals surface area contributed by atoms with Crippen molar-refractivity contribution >= 4 is 12.0 Å². The normalized spacial score (nSPS) is 15.8. The molecular weight excluding hydrogens is 325 g/mol. The van der Waals surface area contributed by atoms with Crippen molar-refractivity contribution in [3.05, 3.63) is 35.6 Å². The first-order valence-corrected chi connectivity index (χ1v) is 8.49. The molecule has 1 aromatic rings. The van der Waals surface area contributed by atoms with Gasteiger partial charge in [-0.05, 0) is 39.0 Å². The van der Waals surface area contributed by atoms with Gasteiger partial charge in [0.05, 0.1) is 0 Å². The van der Waals surface area contributed by atoms with Crippen LogP contribution >= 0.6 is 0 Å². The second-order valence-corrected chi connectivity index (χ2v) is 7.08. The molecule has 1 aliphatic heterocycles. The van der Waals surface area contributed by atoms with Crippen molar-refractivity contribution in [3.63, 3.8) is 0 Å². The Bertz CT molecular complexity index is 608. The SMILES string of the molecule is CC(C)(C)OC(=O)N1CCN(CCNC(=O)c2cccc(F)c2)CC1. The number of piperazine rings is 1. The van der Waals surface area contributed by atoms with Gasteiger partial charge in [0.15, 0.2) is 0 Å². The summed E-state index contributed by atoms with van der Waals surface area (Å²) in [5.74, 6) is -0.710. The van der Waals surface area contributed by atoms with Crippen LogP contribution in [0.3, 0.4) is 0 Å². The molecule has 25 heavy (non-hydrogen) atoms. The smallest absolute Gasteiger partial charge is 0.410 e. The van der Waals surface area contributed by atoms with Crippen molar-refractivity contribution in [3.8, 4) is 0 Å². The molecule has 1 heterocycles. The molecule has 2 rings (SSSR count). The number of nitrogens with zero attached hydrogens (tertiary/aromatic N) is 2. The van der Waals surface area contributed by atoms with Gasteiger partial charge in [0.25, 0.3) is 5.91 Å². The van der Waals surface area contributed by atoms with Crippen molar-refractivity contribution in [1.82, 2.24) is 15.1 Å². The molecule has 1 saturated heterocycles. The van der Waals surface area contributed by atoms with Gasteiger partial charge in [0.2, 0.25) is 0 Å². The van der Waals surface area contributed by atoms with E-state index in [1.165, 1.54) is 18.2 Å². The van der Waals surface area contributed by atoms with Gasteiger partial charge in [-0.15, -0.1) is 0 Å². The topological polar surface area (TPSA) is 61.9 Å². The summed E-state index contributed by atoms with van der Waals surface area (Å²) < 4.78 is 18.5. The minimum atomic E-state index is -0.491. The van der Waals surface area contributed by atoms with Crippen LogP contribution in [0.25, 0.3) is 0 Å². The third-order valence-electron chi connectivity index (χ3n) is 3.82. The van der Waals surface area contributed by atoms with E-state index in [9.17, 15) is 14.0 Å². The summed E-state index contributed by atoms with van der Waals surface area (Å²) in [6, 6.07) is 5.62. The summed E-state index contributed by atoms with van der Waals surface area (Å²) in [7, 11) is 0. The molecule has 7 heteroatoms. The zero-order valence-corrected chi connectivity index (χ0v) is 15.0. The zero-order valence-electron chi connectivity index (χ0n) is 15.0. The van der Waals surface area contributed by atoms with E-state index in [0.29, 0.717) is 31.7 Å². The van der Waals surface area contributed by atoms with Crippen molar-refractivity contribution < 1.29 is 18.7 Å². The summed E-state index contributed by atoms with van der Waals surface area (Å²) in [6.45, 7) is 9.38. The summed E-state index contributed by atoms with van der Waals surface area (Å²) in [4.78, 5) is 27.8. The average Bonchev–Trinajstić information content (AvgIpc) is 2.53. The quantitative estimate of drug-likeness (QED) is 0.902. The zero-order chi connectivity index (χ0) is 18.4. The molecule has 138 valence electrons. The number of rotatable bonds is 4. The fourth-order valence-electron chi connectivity index (χ4n) is 2.54. The molecule has 0 bridgehead atoms. The van der Waals surface area contributed by atoms with Crippen molar-refractivity contribution in [2.45, 2.75) is 26.4 Å². The summed E-state index contributed by atoms with van der Waals surface area (Å²) in [6.07, 6.45) is -0.286. The third-order valence-corrected chi connectivity index (χ3v) is 3.82. The average molecular weight is 351 g/mol. The number of amides is 2. The van der Waals surface area contributed by atoms with E-state index < -0.39 is 11.4 Å². The molecule has 1 aromatic carbocycles. The fourth-order valence-corrected chi connectivity index (χ4v) is 2.54. The van der Waals surface area contributed by atoms with Gasteiger partial charge in [-0.2, -0.15) is 0 Å². The highest BCUT2D eigenvalue weighted by molar-refractivity contribution is 5.94. The van der Waals surface area contributed by atoms with E-state index in [-0.39, 0.29) is 12.0 Å². The Labute approximate surface area is 147 Å². The summed E-state index contributed by atoms with van der Waals surface area (Å²) in [5.41, 5.74) is -0.176. The molecule has 1 N–H and O–H groups in total. The van der Waals surface area contributed by atoms with Gasteiger partial charge >= 0.3 is 6.09 Å². The second kappa shape index (κ2) is 8.29. The first kappa shape index (κ1) is 19.2. The minimum Gasteiger partial charge on any atom is -0.444 e. The van der Waals surface area contributed by atoms with E-state index in [0.717, 1.165) is 13.1 Å². The summed E-state index contributed by atoms with van der Waals surface area (Å²) in [5, 5.41) is 2.79. The van der Waals surface area contributed by atoms with E-state index in [4.69, 9.17) is 4.74 Å². The lowest BCUT2D eigenvalue weighted by atomic mass is 10.2. The molecule has 0 aliphatic carbocycles. The molecule has 6 nitrogen and oxygen atoms in total. The number of hydrogen-bond acceptors (Lipinski definition) is 4. The molecule has 0 saturated carbocycles. The Kier molecular flexibility index (Phi) is 6.36. The first-order valence-electron chi connectivity index (χ1n) is 8.49. The number of nitrogens with one attached hydrogen (secondary N) is 1. The van der Waals surface area contributed by atoms with Gasteiger partial charge in [-0.1, -0.05) is 6.07 Å². The van der Waals surface area contributed by atoms with Crippen LogP contribution in [0.4, 0.5) is 9.18 Å². The predicted molar refractivity (Wildman–Crippen MR) is 93.0 cm³/mol. The first-order chi connectivity index (χ1) is 11.7. The second-order valence-electron chi connectivity index (χ2n) is 7.08. The molecule has 1 aliphatic rings. The molecule has 2 amide bonds. The summed E-state index contributed by atoms with van der Waals surface area (Å²) >= 11 is 0. The lowest BCUT2D eigenvalue weighted by Crippen LogP contribution is -2.51. The highest BCUT2D eigenvalue weighted by atomic mass is 19.1. The molecule has 1 fully saturated rings. The maximum Gasteiger partial charge on any atom is 0.410 e. The number of halogens is 1. The van der Waals surface area contributed by atoms with Crippen LogP contribution in [-0.4, -0.2) is 66.7 Å². The standard InChI is InChI=1S/C18H26FN3O3/c1-18(2,3)25-17(24)22-11-9-21(10-12-22)8-7-20-16(23)14-5-4-6-15(19)13-14/h4-6,13H,7-12H2,1-3H3,(H,20,23). The molecule has 0 radical (unpaired) electrons. The van der Waals surface area contributed by atoms with Gasteiger partial charge in [-0.25, -0.2) is 9.18 Å². The Morgan fingerprint density at radius 2 is 1.88 bits per heavy atom. The van der Waals surface area contributed by atoms with Crippen LogP contribution in [0, 0.1) is 5.82 Å². The number of ether oxygens (including phenoxy) is 1. The predicted octanol–water partition coefficient (Wildman–Crippen LogP) is 2.11. The number of carbonyl (C=O) groups excluding carboxylic acids is 2. The number of hydrogen-bond donors (Lipinski definition) is 1. The molecule has 0 aromatic heterocycles. The van der Waals surface area contributed by atoms with Crippen LogP contribution in [0.5, 0.6) is 0 Å². The fraction of sp³-hybridized carbons (Fsp3) is 0.556. The van der Waals surface area contributed by atoms with Crippen molar-refractivity contribution in [2.24, 2.45) is 0 Å². The molecule has 0 spiro atoms. The largest absolute Gasteiger partial charge is 0.444 e. The maximum atomic E-state index is 13.1. The van der Waals surface area contributed by atoms with Gasteiger partial charge < -0.3 is 15.0 Å². The molecule has 0 unspecified atom stereocenters. The Morgan fingerprint density at radius 3 is 2.48 bits per heavy atom.